The number of piperazine rings is 1. The van der Waals surface area contributed by atoms with E-state index in [1.54, 1.807) is 12.1 Å². The van der Waals surface area contributed by atoms with Gasteiger partial charge in [-0.25, -0.2) is 8.42 Å². The van der Waals surface area contributed by atoms with Crippen LogP contribution < -0.4 is 10.2 Å². The number of benzene rings is 2. The second-order valence-corrected chi connectivity index (χ2v) is 11.9. The third kappa shape index (κ3) is 6.39. The van der Waals surface area contributed by atoms with Crippen molar-refractivity contribution in [3.8, 4) is 0 Å². The first-order valence-corrected chi connectivity index (χ1v) is 14.1. The van der Waals surface area contributed by atoms with E-state index in [4.69, 9.17) is 0 Å². The minimum atomic E-state index is -3.45. The molecule has 1 atom stereocenters. The highest BCUT2D eigenvalue weighted by molar-refractivity contribution is 7.91. The maximum Gasteiger partial charge on any atom is 0.221 e. The summed E-state index contributed by atoms with van der Waals surface area (Å²) in [5, 5.41) is 2.99. The van der Waals surface area contributed by atoms with Gasteiger partial charge in [0.05, 0.1) is 10.6 Å². The van der Waals surface area contributed by atoms with Gasteiger partial charge in [0.15, 0.2) is 9.84 Å². The summed E-state index contributed by atoms with van der Waals surface area (Å²) >= 11 is 0. The van der Waals surface area contributed by atoms with Crippen LogP contribution in [0.3, 0.4) is 0 Å². The lowest BCUT2D eigenvalue weighted by molar-refractivity contribution is -0.121. The van der Waals surface area contributed by atoms with Crippen molar-refractivity contribution in [2.75, 3.05) is 43.4 Å². The summed E-state index contributed by atoms with van der Waals surface area (Å²) in [7, 11) is -3.45. The highest BCUT2D eigenvalue weighted by Crippen LogP contribution is 2.25. The molecule has 0 aromatic heterocycles. The van der Waals surface area contributed by atoms with Crippen LogP contribution in [0.4, 0.5) is 5.69 Å². The molecule has 0 bridgehead atoms. The minimum absolute atomic E-state index is 0.00107. The SMILES string of the molecule is Cc1cccc(N2CCN(CC[C@@H](C)NC(=O)CCS(=O)(=O)c3ccc4c(c3)CCC4)CC2)c1. The Morgan fingerprint density at radius 3 is 2.56 bits per heavy atom. The number of fused-ring (bicyclic) bond motifs is 1. The summed E-state index contributed by atoms with van der Waals surface area (Å²) in [6.07, 6.45) is 3.91. The molecule has 1 aliphatic carbocycles. The van der Waals surface area contributed by atoms with E-state index in [2.05, 4.69) is 46.3 Å². The molecule has 2 aromatic rings. The molecule has 184 valence electrons. The van der Waals surface area contributed by atoms with Crippen molar-refractivity contribution in [1.29, 1.82) is 0 Å². The maximum absolute atomic E-state index is 12.7. The van der Waals surface area contributed by atoms with Crippen molar-refractivity contribution >= 4 is 21.4 Å². The largest absolute Gasteiger partial charge is 0.369 e. The van der Waals surface area contributed by atoms with Crippen LogP contribution in [-0.2, 0) is 27.5 Å². The molecule has 1 amide bonds. The van der Waals surface area contributed by atoms with Crippen LogP contribution in [0, 0.1) is 6.92 Å². The first-order chi connectivity index (χ1) is 16.3. The Kier molecular flexibility index (Phi) is 7.94. The van der Waals surface area contributed by atoms with E-state index in [0.29, 0.717) is 4.90 Å². The second-order valence-electron chi connectivity index (χ2n) is 9.78. The van der Waals surface area contributed by atoms with Gasteiger partial charge in [-0.1, -0.05) is 18.2 Å². The zero-order valence-electron chi connectivity index (χ0n) is 20.4. The number of nitrogens with one attached hydrogen (secondary N) is 1. The van der Waals surface area contributed by atoms with Crippen LogP contribution in [0.2, 0.25) is 0 Å². The van der Waals surface area contributed by atoms with Gasteiger partial charge in [-0.2, -0.15) is 0 Å². The van der Waals surface area contributed by atoms with Gasteiger partial charge in [-0.05, 0) is 80.5 Å². The molecule has 0 spiro atoms. The monoisotopic (exact) mass is 483 g/mol. The number of carbonyl (C=O) groups is 1. The molecule has 2 aromatic carbocycles. The summed E-state index contributed by atoms with van der Waals surface area (Å²) in [5.41, 5.74) is 4.96. The van der Waals surface area contributed by atoms with Gasteiger partial charge in [-0.3, -0.25) is 9.69 Å². The van der Waals surface area contributed by atoms with Crippen LogP contribution in [0.25, 0.3) is 0 Å². The van der Waals surface area contributed by atoms with E-state index in [0.717, 1.165) is 64.0 Å². The molecule has 7 heteroatoms. The van der Waals surface area contributed by atoms with Gasteiger partial charge in [0, 0.05) is 50.9 Å². The number of nitrogens with zero attached hydrogens (tertiary/aromatic N) is 2. The van der Waals surface area contributed by atoms with Crippen LogP contribution in [-0.4, -0.2) is 63.7 Å². The molecule has 0 saturated carbocycles. The fraction of sp³-hybridized carbons (Fsp3) is 0.519. The molecule has 6 nitrogen and oxygen atoms in total. The van der Waals surface area contributed by atoms with Gasteiger partial charge in [0.2, 0.25) is 5.91 Å². The summed E-state index contributed by atoms with van der Waals surface area (Å²) in [6.45, 7) is 9.07. The Balaban J connectivity index is 1.17. The van der Waals surface area contributed by atoms with E-state index in [1.807, 2.05) is 13.0 Å². The van der Waals surface area contributed by atoms with Gasteiger partial charge in [0.1, 0.15) is 0 Å². The zero-order valence-corrected chi connectivity index (χ0v) is 21.2. The fourth-order valence-corrected chi connectivity index (χ4v) is 6.22. The topological polar surface area (TPSA) is 69.7 Å². The van der Waals surface area contributed by atoms with Gasteiger partial charge in [-0.15, -0.1) is 0 Å². The fourth-order valence-electron chi connectivity index (χ4n) is 4.94. The molecule has 1 saturated heterocycles. The average Bonchev–Trinajstić information content (AvgIpc) is 3.30. The molecular weight excluding hydrogens is 446 g/mol. The van der Waals surface area contributed by atoms with Crippen LogP contribution in [0.1, 0.15) is 42.9 Å². The van der Waals surface area contributed by atoms with Crippen molar-refractivity contribution < 1.29 is 13.2 Å². The third-order valence-electron chi connectivity index (χ3n) is 7.05. The van der Waals surface area contributed by atoms with Crippen molar-refractivity contribution in [2.45, 2.75) is 56.9 Å². The number of hydrogen-bond donors (Lipinski definition) is 1. The normalized spacial score (nSPS) is 17.4. The second kappa shape index (κ2) is 10.9. The molecule has 1 fully saturated rings. The number of amides is 1. The Hall–Kier alpha value is -2.38. The quantitative estimate of drug-likeness (QED) is 0.592. The molecule has 0 unspecified atom stereocenters. The van der Waals surface area contributed by atoms with Crippen LogP contribution in [0.15, 0.2) is 47.4 Å². The molecule has 34 heavy (non-hydrogen) atoms. The summed E-state index contributed by atoms with van der Waals surface area (Å²) in [5.74, 6) is -0.341. The average molecular weight is 484 g/mol. The van der Waals surface area contributed by atoms with Crippen molar-refractivity contribution in [3.05, 3.63) is 59.2 Å². The highest BCUT2D eigenvalue weighted by Gasteiger charge is 2.21. The van der Waals surface area contributed by atoms with E-state index in [9.17, 15) is 13.2 Å². The van der Waals surface area contributed by atoms with Gasteiger partial charge >= 0.3 is 0 Å². The molecule has 1 heterocycles. The Morgan fingerprint density at radius 2 is 1.79 bits per heavy atom. The molecule has 0 radical (unpaired) electrons. The van der Waals surface area contributed by atoms with Crippen molar-refractivity contribution in [1.82, 2.24) is 10.2 Å². The van der Waals surface area contributed by atoms with Crippen LogP contribution >= 0.6 is 0 Å². The van der Waals surface area contributed by atoms with E-state index in [-0.39, 0.29) is 24.1 Å². The summed E-state index contributed by atoms with van der Waals surface area (Å²) in [4.78, 5) is 17.6. The predicted octanol–water partition coefficient (Wildman–Crippen LogP) is 3.36. The van der Waals surface area contributed by atoms with E-state index in [1.165, 1.54) is 16.8 Å². The van der Waals surface area contributed by atoms with Crippen LogP contribution in [0.5, 0.6) is 0 Å². The number of aryl methyl sites for hydroxylation is 3. The standard InChI is InChI=1S/C27H37N3O3S/c1-21-5-3-8-25(19-21)30-16-14-29(15-17-30)13-11-22(2)28-27(31)12-18-34(32,33)26-10-9-23-6-4-7-24(23)20-26/h3,5,8-10,19-20,22H,4,6-7,11-18H2,1-2H3,(H,28,31)/t22-/m1/s1. The molecular formula is C27H37N3O3S. The number of hydrogen-bond acceptors (Lipinski definition) is 5. The molecule has 1 N–H and O–H groups in total. The highest BCUT2D eigenvalue weighted by atomic mass is 32.2. The van der Waals surface area contributed by atoms with E-state index >= 15 is 0 Å². The molecule has 4 rings (SSSR count). The number of rotatable bonds is 9. The molecule has 2 aliphatic rings. The number of anilines is 1. The summed E-state index contributed by atoms with van der Waals surface area (Å²) < 4.78 is 25.4. The first-order valence-electron chi connectivity index (χ1n) is 12.5. The van der Waals surface area contributed by atoms with Gasteiger partial charge in [0.25, 0.3) is 0 Å². The third-order valence-corrected chi connectivity index (χ3v) is 8.77. The lowest BCUT2D eigenvalue weighted by atomic mass is 10.1. The number of carbonyl (C=O) groups excluding carboxylic acids is 1. The minimum Gasteiger partial charge on any atom is -0.369 e. The Bertz CT molecular complexity index is 1110. The number of sulfone groups is 1. The van der Waals surface area contributed by atoms with Crippen molar-refractivity contribution in [3.63, 3.8) is 0 Å². The summed E-state index contributed by atoms with van der Waals surface area (Å²) in [6, 6.07) is 14.1. The maximum atomic E-state index is 12.7. The predicted molar refractivity (Wildman–Crippen MR) is 137 cm³/mol. The van der Waals surface area contributed by atoms with E-state index < -0.39 is 9.84 Å². The lowest BCUT2D eigenvalue weighted by Crippen LogP contribution is -2.47. The zero-order chi connectivity index (χ0) is 24.1. The first kappa shape index (κ1) is 24.7. The molecule has 1 aliphatic heterocycles. The Labute approximate surface area is 204 Å². The Morgan fingerprint density at radius 1 is 1.03 bits per heavy atom. The van der Waals surface area contributed by atoms with Crippen molar-refractivity contribution in [2.24, 2.45) is 0 Å². The smallest absolute Gasteiger partial charge is 0.221 e. The lowest BCUT2D eigenvalue weighted by Gasteiger charge is -2.36. The van der Waals surface area contributed by atoms with Gasteiger partial charge < -0.3 is 10.2 Å².